The fraction of sp³-hybridized carbons (Fsp3) is 0.111. The SMILES string of the molecule is O=C(CN1C(=O)CSC=C1c1ccccc1)Nc1ccc(Cl)cc1Cl. The monoisotopic (exact) mass is 392 g/mol. The molecule has 128 valence electrons. The van der Waals surface area contributed by atoms with Gasteiger partial charge in [0.25, 0.3) is 0 Å². The van der Waals surface area contributed by atoms with Gasteiger partial charge in [0.05, 0.1) is 22.2 Å². The van der Waals surface area contributed by atoms with Crippen LogP contribution in [-0.4, -0.2) is 29.0 Å². The summed E-state index contributed by atoms with van der Waals surface area (Å²) in [5.74, 6) is -0.124. The van der Waals surface area contributed by atoms with Gasteiger partial charge in [0.15, 0.2) is 0 Å². The fourth-order valence-corrected chi connectivity index (χ4v) is 3.66. The van der Waals surface area contributed by atoms with Gasteiger partial charge in [0, 0.05) is 5.02 Å². The summed E-state index contributed by atoms with van der Waals surface area (Å²) >= 11 is 13.4. The highest BCUT2D eigenvalue weighted by atomic mass is 35.5. The molecule has 2 amide bonds. The van der Waals surface area contributed by atoms with Gasteiger partial charge >= 0.3 is 0 Å². The van der Waals surface area contributed by atoms with Crippen molar-refractivity contribution < 1.29 is 9.59 Å². The number of hydrogen-bond acceptors (Lipinski definition) is 3. The standard InChI is InChI=1S/C18H14Cl2N2O2S/c19-13-6-7-15(14(20)8-13)21-17(23)9-22-16(10-25-11-18(22)24)12-4-2-1-3-5-12/h1-8,10H,9,11H2,(H,21,23). The molecule has 0 spiro atoms. The van der Waals surface area contributed by atoms with Gasteiger partial charge < -0.3 is 10.2 Å². The van der Waals surface area contributed by atoms with Gasteiger partial charge in [-0.05, 0) is 29.2 Å². The first kappa shape index (κ1) is 17.9. The number of nitrogens with one attached hydrogen (secondary N) is 1. The van der Waals surface area contributed by atoms with Crippen LogP contribution in [0.5, 0.6) is 0 Å². The van der Waals surface area contributed by atoms with Crippen molar-refractivity contribution >= 4 is 58.2 Å². The van der Waals surface area contributed by atoms with E-state index in [0.717, 1.165) is 11.3 Å². The van der Waals surface area contributed by atoms with Crippen molar-refractivity contribution in [3.63, 3.8) is 0 Å². The van der Waals surface area contributed by atoms with Gasteiger partial charge in [0.2, 0.25) is 11.8 Å². The minimum absolute atomic E-state index is 0.0842. The minimum Gasteiger partial charge on any atom is -0.323 e. The second-order valence-electron chi connectivity index (χ2n) is 5.33. The summed E-state index contributed by atoms with van der Waals surface area (Å²) in [5.41, 5.74) is 2.07. The third-order valence-corrected chi connectivity index (χ3v) is 4.92. The lowest BCUT2D eigenvalue weighted by molar-refractivity contribution is -0.129. The molecule has 0 saturated heterocycles. The van der Waals surface area contributed by atoms with Crippen LogP contribution in [0, 0.1) is 0 Å². The Morgan fingerprint density at radius 1 is 1.16 bits per heavy atom. The molecule has 2 aromatic rings. The second-order valence-corrected chi connectivity index (χ2v) is 7.03. The van der Waals surface area contributed by atoms with Crippen LogP contribution in [0.25, 0.3) is 5.70 Å². The minimum atomic E-state index is -0.327. The summed E-state index contributed by atoms with van der Waals surface area (Å²) in [6.07, 6.45) is 0. The predicted octanol–water partition coefficient (Wildman–Crippen LogP) is 4.51. The van der Waals surface area contributed by atoms with Crippen LogP contribution in [0.1, 0.15) is 5.56 Å². The summed E-state index contributed by atoms with van der Waals surface area (Å²) in [6.45, 7) is -0.0842. The van der Waals surface area contributed by atoms with Crippen LogP contribution in [0.15, 0.2) is 53.9 Å². The molecule has 1 N–H and O–H groups in total. The Morgan fingerprint density at radius 3 is 2.64 bits per heavy atom. The summed E-state index contributed by atoms with van der Waals surface area (Å²) in [5, 5.41) is 5.46. The second kappa shape index (κ2) is 7.95. The molecule has 25 heavy (non-hydrogen) atoms. The van der Waals surface area contributed by atoms with Crippen molar-refractivity contribution in [2.24, 2.45) is 0 Å². The lowest BCUT2D eigenvalue weighted by Crippen LogP contribution is -2.39. The van der Waals surface area contributed by atoms with Gasteiger partial charge in [-0.1, -0.05) is 53.5 Å². The molecule has 7 heteroatoms. The van der Waals surface area contributed by atoms with Gasteiger partial charge in [-0.25, -0.2) is 0 Å². The lowest BCUT2D eigenvalue weighted by atomic mass is 10.1. The molecule has 0 atom stereocenters. The van der Waals surface area contributed by atoms with Crippen LogP contribution < -0.4 is 5.32 Å². The van der Waals surface area contributed by atoms with E-state index in [0.29, 0.717) is 21.5 Å². The third-order valence-electron chi connectivity index (χ3n) is 3.57. The van der Waals surface area contributed by atoms with Crippen LogP contribution in [-0.2, 0) is 9.59 Å². The predicted molar refractivity (Wildman–Crippen MR) is 104 cm³/mol. The molecule has 1 aliphatic rings. The number of carbonyl (C=O) groups excluding carboxylic acids is 2. The molecule has 3 rings (SSSR count). The summed E-state index contributed by atoms with van der Waals surface area (Å²) in [7, 11) is 0. The van der Waals surface area contributed by atoms with E-state index in [2.05, 4.69) is 5.32 Å². The molecule has 1 aliphatic heterocycles. The highest BCUT2D eigenvalue weighted by molar-refractivity contribution is 8.03. The van der Waals surface area contributed by atoms with Crippen molar-refractivity contribution in [1.82, 2.24) is 4.90 Å². The van der Waals surface area contributed by atoms with Crippen LogP contribution in [0.4, 0.5) is 5.69 Å². The topological polar surface area (TPSA) is 49.4 Å². The first-order valence-corrected chi connectivity index (χ1v) is 9.27. The van der Waals surface area contributed by atoms with E-state index in [-0.39, 0.29) is 18.4 Å². The molecule has 2 aromatic carbocycles. The first-order valence-electron chi connectivity index (χ1n) is 7.47. The fourth-order valence-electron chi connectivity index (χ4n) is 2.40. The van der Waals surface area contributed by atoms with Gasteiger partial charge in [-0.15, -0.1) is 11.8 Å². The van der Waals surface area contributed by atoms with E-state index >= 15 is 0 Å². The Hall–Kier alpha value is -1.95. The number of amides is 2. The maximum Gasteiger partial charge on any atom is 0.244 e. The highest BCUT2D eigenvalue weighted by Gasteiger charge is 2.25. The Morgan fingerprint density at radius 2 is 1.92 bits per heavy atom. The van der Waals surface area contributed by atoms with Gasteiger partial charge in [-0.2, -0.15) is 0 Å². The van der Waals surface area contributed by atoms with Gasteiger partial charge in [-0.3, -0.25) is 9.59 Å². The van der Waals surface area contributed by atoms with E-state index in [9.17, 15) is 9.59 Å². The van der Waals surface area contributed by atoms with E-state index in [1.165, 1.54) is 16.7 Å². The zero-order valence-electron chi connectivity index (χ0n) is 13.0. The smallest absolute Gasteiger partial charge is 0.244 e. The zero-order valence-corrected chi connectivity index (χ0v) is 15.4. The number of halogens is 2. The molecule has 4 nitrogen and oxygen atoms in total. The summed E-state index contributed by atoms with van der Waals surface area (Å²) in [4.78, 5) is 26.2. The number of rotatable bonds is 4. The largest absolute Gasteiger partial charge is 0.323 e. The zero-order chi connectivity index (χ0) is 17.8. The number of thioether (sulfide) groups is 1. The molecule has 0 radical (unpaired) electrons. The summed E-state index contributed by atoms with van der Waals surface area (Å²) in [6, 6.07) is 14.3. The molecule has 0 aromatic heterocycles. The highest BCUT2D eigenvalue weighted by Crippen LogP contribution is 2.29. The van der Waals surface area contributed by atoms with Crippen molar-refractivity contribution in [1.29, 1.82) is 0 Å². The Balaban J connectivity index is 1.77. The van der Waals surface area contributed by atoms with Crippen molar-refractivity contribution in [3.8, 4) is 0 Å². The molecular weight excluding hydrogens is 379 g/mol. The quantitative estimate of drug-likeness (QED) is 0.832. The Kier molecular flexibility index (Phi) is 5.68. The third kappa shape index (κ3) is 4.37. The molecule has 1 heterocycles. The average Bonchev–Trinajstić information content (AvgIpc) is 2.60. The normalized spacial score (nSPS) is 14.2. The van der Waals surface area contributed by atoms with Crippen LogP contribution in [0.2, 0.25) is 10.0 Å². The number of anilines is 1. The molecule has 0 aliphatic carbocycles. The van der Waals surface area contributed by atoms with E-state index in [1.54, 1.807) is 18.2 Å². The maximum atomic E-state index is 12.4. The summed E-state index contributed by atoms with van der Waals surface area (Å²) < 4.78 is 0. The Bertz CT molecular complexity index is 840. The number of benzene rings is 2. The van der Waals surface area contributed by atoms with Gasteiger partial charge in [0.1, 0.15) is 6.54 Å². The van der Waals surface area contributed by atoms with Crippen molar-refractivity contribution in [2.75, 3.05) is 17.6 Å². The van der Waals surface area contributed by atoms with Crippen LogP contribution in [0.3, 0.4) is 0 Å². The average molecular weight is 393 g/mol. The molecule has 0 fully saturated rings. The van der Waals surface area contributed by atoms with E-state index in [4.69, 9.17) is 23.2 Å². The maximum absolute atomic E-state index is 12.4. The number of carbonyl (C=O) groups is 2. The van der Waals surface area contributed by atoms with Crippen LogP contribution >= 0.6 is 35.0 Å². The molecule has 0 saturated carbocycles. The molecular formula is C18H14Cl2N2O2S. The van der Waals surface area contributed by atoms with E-state index in [1.807, 2.05) is 35.7 Å². The lowest BCUT2D eigenvalue weighted by Gasteiger charge is -2.28. The Labute approximate surface area is 159 Å². The van der Waals surface area contributed by atoms with E-state index < -0.39 is 0 Å². The number of hydrogen-bond donors (Lipinski definition) is 1. The molecule has 0 unspecified atom stereocenters. The molecule has 0 bridgehead atoms. The van der Waals surface area contributed by atoms with Crippen molar-refractivity contribution in [2.45, 2.75) is 0 Å². The number of nitrogens with zero attached hydrogens (tertiary/aromatic N) is 1. The van der Waals surface area contributed by atoms with Crippen molar-refractivity contribution in [3.05, 3.63) is 69.5 Å². The first-order chi connectivity index (χ1) is 12.0.